The molecule has 1 saturated heterocycles. The van der Waals surface area contributed by atoms with Crippen LogP contribution in [0.4, 0.5) is 0 Å². The molecule has 0 aliphatic carbocycles. The summed E-state index contributed by atoms with van der Waals surface area (Å²) in [5.74, 6) is 0.0601. The first-order chi connectivity index (χ1) is 9.22. The monoisotopic (exact) mass is 272 g/mol. The zero-order valence-electron chi connectivity index (χ0n) is 12.4. The molecule has 0 radical (unpaired) electrons. The predicted molar refractivity (Wildman–Crippen MR) is 75.5 cm³/mol. The summed E-state index contributed by atoms with van der Waals surface area (Å²) >= 11 is 0. The number of rotatable bonds is 10. The summed E-state index contributed by atoms with van der Waals surface area (Å²) in [4.78, 5) is 15.6. The van der Waals surface area contributed by atoms with Crippen LogP contribution in [0, 0.1) is 0 Å². The van der Waals surface area contributed by atoms with Crippen molar-refractivity contribution in [3.8, 4) is 0 Å². The Morgan fingerprint density at radius 3 is 2.11 bits per heavy atom. The molecule has 0 N–H and O–H groups in total. The highest BCUT2D eigenvalue weighted by Gasteiger charge is 2.15. The Morgan fingerprint density at radius 2 is 1.53 bits per heavy atom. The third-order valence-corrected chi connectivity index (χ3v) is 3.23. The zero-order chi connectivity index (χ0) is 13.9. The van der Waals surface area contributed by atoms with Gasteiger partial charge in [0.2, 0.25) is 0 Å². The van der Waals surface area contributed by atoms with E-state index in [4.69, 9.17) is 9.47 Å². The molecule has 0 atom stereocenters. The van der Waals surface area contributed by atoms with Gasteiger partial charge in [0.1, 0.15) is 6.61 Å². The number of hydrogen-bond donors (Lipinski definition) is 0. The number of hydrogen-bond acceptors (Lipinski definition) is 5. The Bertz CT molecular complexity index is 241. The molecule has 0 aromatic rings. The second-order valence-electron chi connectivity index (χ2n) is 5.05. The second kappa shape index (κ2) is 10.3. The first-order valence-electron chi connectivity index (χ1n) is 7.32. The maximum Gasteiger partial charge on any atom is 0.155 e. The topological polar surface area (TPSA) is 42.0 Å². The molecule has 1 aliphatic heterocycles. The molecule has 19 heavy (non-hydrogen) atoms. The summed E-state index contributed by atoms with van der Waals surface area (Å²) in [6.07, 6.45) is 1.24. The molecule has 0 unspecified atom stereocenters. The van der Waals surface area contributed by atoms with E-state index in [1.165, 1.54) is 33.0 Å². The molecule has 112 valence electrons. The molecule has 0 spiro atoms. The first kappa shape index (κ1) is 16.6. The lowest BCUT2D eigenvalue weighted by molar-refractivity contribution is -0.122. The average Bonchev–Trinajstić information content (AvgIpc) is 2.39. The highest BCUT2D eigenvalue weighted by molar-refractivity contribution is 5.76. The van der Waals surface area contributed by atoms with Crippen molar-refractivity contribution in [1.82, 2.24) is 9.80 Å². The van der Waals surface area contributed by atoms with Gasteiger partial charge in [0.25, 0.3) is 0 Å². The van der Waals surface area contributed by atoms with E-state index < -0.39 is 0 Å². The lowest BCUT2D eigenvalue weighted by Crippen LogP contribution is -2.47. The predicted octanol–water partition coefficient (Wildman–Crippen LogP) is 0.636. The van der Waals surface area contributed by atoms with Crippen molar-refractivity contribution in [2.24, 2.45) is 0 Å². The number of carbonyl (C=O) groups excluding carboxylic acids is 1. The van der Waals surface area contributed by atoms with Crippen molar-refractivity contribution in [3.05, 3.63) is 0 Å². The smallest absolute Gasteiger partial charge is 0.155 e. The summed E-state index contributed by atoms with van der Waals surface area (Å²) in [6.45, 7) is 12.6. The van der Waals surface area contributed by atoms with Crippen LogP contribution in [0.1, 0.15) is 20.3 Å². The fourth-order valence-electron chi connectivity index (χ4n) is 2.18. The minimum Gasteiger partial charge on any atom is -0.378 e. The third-order valence-electron chi connectivity index (χ3n) is 3.23. The maximum atomic E-state index is 10.6. The van der Waals surface area contributed by atoms with Gasteiger partial charge in [-0.25, -0.2) is 0 Å². The van der Waals surface area contributed by atoms with E-state index >= 15 is 0 Å². The van der Waals surface area contributed by atoms with E-state index in [0.29, 0.717) is 13.2 Å². The van der Waals surface area contributed by atoms with Crippen LogP contribution in [0.15, 0.2) is 0 Å². The maximum absolute atomic E-state index is 10.6. The van der Waals surface area contributed by atoms with Gasteiger partial charge in [-0.05, 0) is 19.9 Å². The van der Waals surface area contributed by atoms with E-state index in [-0.39, 0.29) is 12.4 Å². The van der Waals surface area contributed by atoms with E-state index in [1.54, 1.807) is 0 Å². The molecule has 1 fully saturated rings. The number of piperazine rings is 1. The van der Waals surface area contributed by atoms with Gasteiger partial charge in [-0.2, -0.15) is 0 Å². The molecule has 5 nitrogen and oxygen atoms in total. The van der Waals surface area contributed by atoms with Crippen LogP contribution >= 0.6 is 0 Å². The summed E-state index contributed by atoms with van der Waals surface area (Å²) in [7, 11) is 0. The fraction of sp³-hybridized carbons (Fsp3) is 0.929. The van der Waals surface area contributed by atoms with E-state index in [2.05, 4.69) is 16.7 Å². The Morgan fingerprint density at radius 1 is 0.947 bits per heavy atom. The van der Waals surface area contributed by atoms with Crippen molar-refractivity contribution >= 4 is 5.78 Å². The van der Waals surface area contributed by atoms with Crippen molar-refractivity contribution in [2.75, 3.05) is 65.7 Å². The van der Waals surface area contributed by atoms with Crippen LogP contribution < -0.4 is 0 Å². The number of ether oxygens (including phenoxy) is 2. The summed E-state index contributed by atoms with van der Waals surface area (Å²) < 4.78 is 10.6. The van der Waals surface area contributed by atoms with Crippen LogP contribution in [-0.2, 0) is 14.3 Å². The molecular formula is C14H28N2O3. The average molecular weight is 272 g/mol. The fourth-order valence-corrected chi connectivity index (χ4v) is 2.18. The Labute approximate surface area is 116 Å². The normalized spacial score (nSPS) is 17.8. The molecule has 0 aromatic carbocycles. The SMILES string of the molecule is CCCN1CCN(CCOCCOCC(C)=O)CC1. The lowest BCUT2D eigenvalue weighted by atomic mass is 10.3. The zero-order valence-corrected chi connectivity index (χ0v) is 12.4. The van der Waals surface area contributed by atoms with E-state index in [0.717, 1.165) is 26.2 Å². The van der Waals surface area contributed by atoms with Gasteiger partial charge in [0.15, 0.2) is 5.78 Å². The second-order valence-corrected chi connectivity index (χ2v) is 5.05. The largest absolute Gasteiger partial charge is 0.378 e. The van der Waals surface area contributed by atoms with E-state index in [1.807, 2.05) is 0 Å². The number of Topliss-reactive ketones (excluding diaryl/α,β-unsaturated/α-hetero) is 1. The minimum absolute atomic E-state index is 0.0601. The number of ketones is 1. The van der Waals surface area contributed by atoms with Gasteiger partial charge >= 0.3 is 0 Å². The molecule has 5 heteroatoms. The summed E-state index contributed by atoms with van der Waals surface area (Å²) in [5, 5.41) is 0. The van der Waals surface area contributed by atoms with Crippen LogP contribution in [0.5, 0.6) is 0 Å². The van der Waals surface area contributed by atoms with Gasteiger partial charge in [-0.15, -0.1) is 0 Å². The lowest BCUT2D eigenvalue weighted by Gasteiger charge is -2.34. The number of nitrogens with zero attached hydrogens (tertiary/aromatic N) is 2. The highest BCUT2D eigenvalue weighted by atomic mass is 16.5. The molecule has 0 aromatic heterocycles. The molecule has 1 rings (SSSR count). The first-order valence-corrected chi connectivity index (χ1v) is 7.32. The van der Waals surface area contributed by atoms with Gasteiger partial charge in [0, 0.05) is 32.7 Å². The van der Waals surface area contributed by atoms with Crippen LogP contribution in [-0.4, -0.2) is 81.3 Å². The van der Waals surface area contributed by atoms with Crippen LogP contribution in [0.3, 0.4) is 0 Å². The van der Waals surface area contributed by atoms with Gasteiger partial charge in [0.05, 0.1) is 19.8 Å². The highest BCUT2D eigenvalue weighted by Crippen LogP contribution is 2.01. The van der Waals surface area contributed by atoms with Crippen molar-refractivity contribution < 1.29 is 14.3 Å². The Kier molecular flexibility index (Phi) is 8.99. The molecule has 1 heterocycles. The van der Waals surface area contributed by atoms with Crippen LogP contribution in [0.25, 0.3) is 0 Å². The van der Waals surface area contributed by atoms with Crippen molar-refractivity contribution in [3.63, 3.8) is 0 Å². The molecule has 0 bridgehead atoms. The number of carbonyl (C=O) groups is 1. The third kappa shape index (κ3) is 8.31. The molecular weight excluding hydrogens is 244 g/mol. The summed E-state index contributed by atoms with van der Waals surface area (Å²) in [6, 6.07) is 0. The minimum atomic E-state index is 0.0601. The van der Waals surface area contributed by atoms with E-state index in [9.17, 15) is 4.79 Å². The Hall–Kier alpha value is -0.490. The van der Waals surface area contributed by atoms with Gasteiger partial charge in [-0.1, -0.05) is 6.92 Å². The van der Waals surface area contributed by atoms with Crippen molar-refractivity contribution in [1.29, 1.82) is 0 Å². The van der Waals surface area contributed by atoms with Gasteiger partial charge < -0.3 is 14.4 Å². The van der Waals surface area contributed by atoms with Crippen molar-refractivity contribution in [2.45, 2.75) is 20.3 Å². The van der Waals surface area contributed by atoms with Gasteiger partial charge in [-0.3, -0.25) is 9.69 Å². The molecule has 0 amide bonds. The van der Waals surface area contributed by atoms with Crippen LogP contribution in [0.2, 0.25) is 0 Å². The standard InChI is InChI=1S/C14H28N2O3/c1-3-4-15-5-7-16(8-6-15)9-10-18-11-12-19-13-14(2)17/h3-13H2,1-2H3. The summed E-state index contributed by atoms with van der Waals surface area (Å²) in [5.41, 5.74) is 0. The Balaban J connectivity index is 1.89. The molecule has 1 aliphatic rings. The molecule has 0 saturated carbocycles. The quantitative estimate of drug-likeness (QED) is 0.546.